The van der Waals surface area contributed by atoms with Crippen LogP contribution in [0.15, 0.2) is 0 Å². The smallest absolute Gasteiger partial charge is 0.108 e. The van der Waals surface area contributed by atoms with E-state index in [0.717, 1.165) is 19.4 Å². The van der Waals surface area contributed by atoms with E-state index in [-0.39, 0.29) is 12.7 Å². The quantitative estimate of drug-likeness (QED) is 0.475. The van der Waals surface area contributed by atoms with Gasteiger partial charge in [-0.3, -0.25) is 0 Å². The van der Waals surface area contributed by atoms with Crippen LogP contribution in [0.5, 0.6) is 0 Å². The maximum Gasteiger partial charge on any atom is 0.108 e. The second-order valence-electron chi connectivity index (χ2n) is 1.80. The van der Waals surface area contributed by atoms with Crippen molar-refractivity contribution >= 4 is 0 Å². The summed E-state index contributed by atoms with van der Waals surface area (Å²) in [5.41, 5.74) is 0. The standard InChI is InChI=1S/C5H9O2/c6-4-5-2-1-3-7-5/h5H,1-4H2/t5-/m1/s1. The van der Waals surface area contributed by atoms with Gasteiger partial charge in [0.25, 0.3) is 0 Å². The second-order valence-corrected chi connectivity index (χ2v) is 1.80. The molecule has 0 bridgehead atoms. The molecule has 1 radical (unpaired) electrons. The molecular formula is C5H9O2. The van der Waals surface area contributed by atoms with Gasteiger partial charge in [-0.05, 0) is 12.8 Å². The zero-order valence-corrected chi connectivity index (χ0v) is 4.22. The van der Waals surface area contributed by atoms with Gasteiger partial charge in [0.15, 0.2) is 0 Å². The molecule has 1 aliphatic heterocycles. The van der Waals surface area contributed by atoms with Gasteiger partial charge in [0.2, 0.25) is 0 Å². The van der Waals surface area contributed by atoms with Gasteiger partial charge in [0, 0.05) is 6.61 Å². The third-order valence-corrected chi connectivity index (χ3v) is 1.21. The average molecular weight is 101 g/mol. The molecule has 1 heterocycles. The molecule has 0 spiro atoms. The Morgan fingerprint density at radius 1 is 1.71 bits per heavy atom. The van der Waals surface area contributed by atoms with E-state index >= 15 is 0 Å². The van der Waals surface area contributed by atoms with Gasteiger partial charge in [-0.25, -0.2) is 5.11 Å². The van der Waals surface area contributed by atoms with Crippen LogP contribution in [0.4, 0.5) is 0 Å². The summed E-state index contributed by atoms with van der Waals surface area (Å²) < 4.78 is 4.99. The van der Waals surface area contributed by atoms with E-state index in [9.17, 15) is 5.11 Å². The summed E-state index contributed by atoms with van der Waals surface area (Å²) in [6.07, 6.45) is 2.09. The highest BCUT2D eigenvalue weighted by molar-refractivity contribution is 4.61. The van der Waals surface area contributed by atoms with Crippen molar-refractivity contribution in [1.29, 1.82) is 0 Å². The van der Waals surface area contributed by atoms with Gasteiger partial charge >= 0.3 is 0 Å². The summed E-state index contributed by atoms with van der Waals surface area (Å²) in [4.78, 5) is 0. The maximum atomic E-state index is 10.0. The molecule has 7 heavy (non-hydrogen) atoms. The van der Waals surface area contributed by atoms with Gasteiger partial charge in [-0.1, -0.05) is 0 Å². The zero-order chi connectivity index (χ0) is 5.11. The van der Waals surface area contributed by atoms with E-state index in [2.05, 4.69) is 0 Å². The largest absolute Gasteiger partial charge is 0.376 e. The molecule has 0 aromatic heterocycles. The lowest BCUT2D eigenvalue weighted by atomic mass is 10.2. The topological polar surface area (TPSA) is 29.1 Å². The Kier molecular flexibility index (Phi) is 1.65. The molecule has 2 heteroatoms. The van der Waals surface area contributed by atoms with E-state index in [1.165, 1.54) is 0 Å². The molecule has 2 nitrogen and oxygen atoms in total. The van der Waals surface area contributed by atoms with E-state index in [1.807, 2.05) is 0 Å². The molecule has 41 valence electrons. The Balaban J connectivity index is 2.14. The number of hydrogen-bond acceptors (Lipinski definition) is 1. The Labute approximate surface area is 43.1 Å². The summed E-state index contributed by atoms with van der Waals surface area (Å²) in [6.45, 7) is 0.743. The lowest BCUT2D eigenvalue weighted by Crippen LogP contribution is -2.08. The van der Waals surface area contributed by atoms with Crippen LogP contribution < -0.4 is 0 Å². The molecule has 1 aliphatic rings. The molecule has 0 aromatic rings. The molecule has 1 rings (SSSR count). The first-order valence-electron chi connectivity index (χ1n) is 2.63. The highest BCUT2D eigenvalue weighted by Crippen LogP contribution is 2.09. The van der Waals surface area contributed by atoms with Crippen LogP contribution in [-0.4, -0.2) is 19.3 Å². The summed E-state index contributed by atoms with van der Waals surface area (Å²) in [6, 6.07) is 0. The van der Waals surface area contributed by atoms with Crippen molar-refractivity contribution in [3.63, 3.8) is 0 Å². The van der Waals surface area contributed by atoms with Crippen LogP contribution in [0.3, 0.4) is 0 Å². The second kappa shape index (κ2) is 2.28. The maximum absolute atomic E-state index is 10.0. The van der Waals surface area contributed by atoms with Crippen LogP contribution in [0.1, 0.15) is 12.8 Å². The van der Waals surface area contributed by atoms with Crippen molar-refractivity contribution < 1.29 is 9.84 Å². The van der Waals surface area contributed by atoms with Crippen molar-refractivity contribution in [2.24, 2.45) is 0 Å². The minimum atomic E-state index is -0.0556. The van der Waals surface area contributed by atoms with Gasteiger partial charge in [0.05, 0.1) is 6.10 Å². The number of rotatable bonds is 1. The normalized spacial score (nSPS) is 31.3. The Bertz CT molecular complexity index is 48.0. The molecule has 1 fully saturated rings. The Morgan fingerprint density at radius 3 is 2.86 bits per heavy atom. The minimum absolute atomic E-state index is 0.0417. The molecule has 0 aromatic carbocycles. The van der Waals surface area contributed by atoms with Crippen LogP contribution >= 0.6 is 0 Å². The third-order valence-electron chi connectivity index (χ3n) is 1.21. The molecule has 0 N–H and O–H groups in total. The fourth-order valence-electron chi connectivity index (χ4n) is 0.776. The molecule has 0 unspecified atom stereocenters. The number of ether oxygens (including phenoxy) is 1. The van der Waals surface area contributed by atoms with Crippen LogP contribution in [0.2, 0.25) is 0 Å². The fourth-order valence-corrected chi connectivity index (χ4v) is 0.776. The minimum Gasteiger partial charge on any atom is -0.376 e. The SMILES string of the molecule is [O]C[C@H]1CCCO1. The number of hydrogen-bond donors (Lipinski definition) is 0. The van der Waals surface area contributed by atoms with E-state index in [1.54, 1.807) is 0 Å². The van der Waals surface area contributed by atoms with E-state index in [4.69, 9.17) is 4.74 Å². The van der Waals surface area contributed by atoms with Gasteiger partial charge in [0.1, 0.15) is 6.61 Å². The van der Waals surface area contributed by atoms with Gasteiger partial charge < -0.3 is 4.74 Å². The predicted molar refractivity (Wildman–Crippen MR) is 24.5 cm³/mol. The monoisotopic (exact) mass is 101 g/mol. The Hall–Kier alpha value is -0.0800. The summed E-state index contributed by atoms with van der Waals surface area (Å²) in [5, 5.41) is 10.0. The summed E-state index contributed by atoms with van der Waals surface area (Å²) in [7, 11) is 0. The first-order chi connectivity index (χ1) is 3.43. The highest BCUT2D eigenvalue weighted by Gasteiger charge is 2.13. The third kappa shape index (κ3) is 1.14. The van der Waals surface area contributed by atoms with Crippen molar-refractivity contribution in [2.45, 2.75) is 18.9 Å². The summed E-state index contributed by atoms with van der Waals surface area (Å²) >= 11 is 0. The molecule has 1 atom stereocenters. The molecular weight excluding hydrogens is 92.1 g/mol. The lowest BCUT2D eigenvalue weighted by Gasteiger charge is -1.98. The summed E-state index contributed by atoms with van der Waals surface area (Å²) in [5.74, 6) is 0. The Morgan fingerprint density at radius 2 is 2.57 bits per heavy atom. The van der Waals surface area contributed by atoms with Crippen molar-refractivity contribution in [1.82, 2.24) is 0 Å². The molecule has 0 aliphatic carbocycles. The zero-order valence-electron chi connectivity index (χ0n) is 4.22. The predicted octanol–water partition coefficient (Wildman–Crippen LogP) is 0.596. The first kappa shape index (κ1) is 5.06. The molecule has 0 saturated carbocycles. The molecule has 1 saturated heterocycles. The average Bonchev–Trinajstić information content (AvgIpc) is 2.14. The van der Waals surface area contributed by atoms with E-state index < -0.39 is 0 Å². The van der Waals surface area contributed by atoms with Crippen LogP contribution in [0.25, 0.3) is 0 Å². The van der Waals surface area contributed by atoms with Crippen molar-refractivity contribution in [2.75, 3.05) is 13.2 Å². The van der Waals surface area contributed by atoms with Crippen LogP contribution in [-0.2, 0) is 9.84 Å². The van der Waals surface area contributed by atoms with E-state index in [0.29, 0.717) is 0 Å². The van der Waals surface area contributed by atoms with Gasteiger partial charge in [-0.2, -0.15) is 0 Å². The van der Waals surface area contributed by atoms with Crippen molar-refractivity contribution in [3.8, 4) is 0 Å². The lowest BCUT2D eigenvalue weighted by molar-refractivity contribution is 0.0302. The molecule has 0 amide bonds. The highest BCUT2D eigenvalue weighted by atomic mass is 16.5. The van der Waals surface area contributed by atoms with Crippen LogP contribution in [0, 0.1) is 0 Å². The van der Waals surface area contributed by atoms with Gasteiger partial charge in [-0.15, -0.1) is 0 Å². The fraction of sp³-hybridized carbons (Fsp3) is 1.00. The first-order valence-corrected chi connectivity index (χ1v) is 2.63. The van der Waals surface area contributed by atoms with Crippen molar-refractivity contribution in [3.05, 3.63) is 0 Å².